The number of carboxylic acid groups (broad SMARTS) is 1. The van der Waals surface area contributed by atoms with E-state index in [1.54, 1.807) is 0 Å². The Morgan fingerprint density at radius 1 is 1.09 bits per heavy atom. The number of benzene rings is 1. The molecule has 1 N–H and O–H groups in total. The number of carbonyl (C=O) groups is 2. The van der Waals surface area contributed by atoms with Crippen LogP contribution in [0.4, 0.5) is 0 Å². The summed E-state index contributed by atoms with van der Waals surface area (Å²) in [6, 6.07) is 6.19. The highest BCUT2D eigenvalue weighted by Crippen LogP contribution is 2.55. The van der Waals surface area contributed by atoms with Crippen molar-refractivity contribution in [3.8, 4) is 0 Å². The van der Waals surface area contributed by atoms with Gasteiger partial charge in [0.25, 0.3) is 0 Å². The quantitative estimate of drug-likeness (QED) is 0.434. The zero-order valence-corrected chi connectivity index (χ0v) is 21.5. The molecule has 0 amide bonds. The van der Waals surface area contributed by atoms with Crippen LogP contribution in [0.1, 0.15) is 110 Å². The van der Waals surface area contributed by atoms with Crippen molar-refractivity contribution in [2.24, 2.45) is 23.7 Å². The number of carboxylic acids is 1. The van der Waals surface area contributed by atoms with Gasteiger partial charge in [-0.25, -0.2) is 0 Å². The average molecular weight is 478 g/mol. The zero-order chi connectivity index (χ0) is 24.9. The molecule has 5 heteroatoms. The number of carbonyl (C=O) groups excluding carboxylic acids is 1. The topological polar surface area (TPSA) is 80.4 Å². The normalized spacial score (nSPS) is 28.3. The van der Waals surface area contributed by atoms with Crippen molar-refractivity contribution in [1.29, 1.82) is 0 Å². The Labute approximate surface area is 208 Å². The first-order valence-corrected chi connectivity index (χ1v) is 13.5. The number of rotatable bonds is 9. The molecular weight excluding hydrogens is 438 g/mol. The van der Waals surface area contributed by atoms with E-state index in [1.807, 2.05) is 19.1 Å². The Kier molecular flexibility index (Phi) is 6.63. The molecule has 0 saturated heterocycles. The van der Waals surface area contributed by atoms with Crippen LogP contribution in [0.5, 0.6) is 0 Å². The Bertz CT molecular complexity index is 1110. The maximum atomic E-state index is 13.6. The molecule has 0 unspecified atom stereocenters. The summed E-state index contributed by atoms with van der Waals surface area (Å²) in [6.45, 7) is 8.66. The molecule has 3 fully saturated rings. The minimum absolute atomic E-state index is 0.137. The fraction of sp³-hybridized carbons (Fsp3) is 0.633. The molecule has 5 rings (SSSR count). The molecule has 35 heavy (non-hydrogen) atoms. The highest BCUT2D eigenvalue weighted by Gasteiger charge is 2.48. The van der Waals surface area contributed by atoms with Crippen LogP contribution >= 0.6 is 0 Å². The number of Topliss-reactive ketones (excluding diaryl/α,β-unsaturated/α-hetero) is 1. The molecule has 5 nitrogen and oxygen atoms in total. The molecule has 1 heterocycles. The first kappa shape index (κ1) is 24.3. The molecule has 3 saturated carbocycles. The highest BCUT2D eigenvalue weighted by molar-refractivity contribution is 5.86. The molecular formula is C30H39NO4. The van der Waals surface area contributed by atoms with Gasteiger partial charge in [-0.2, -0.15) is 0 Å². The van der Waals surface area contributed by atoms with Crippen LogP contribution in [-0.4, -0.2) is 22.0 Å². The standard InChI is InChI=1S/C30H39NO4/c1-16(2)9-19-11-22(12-19)29-27(20-7-8-20)28(31-35-29)25-14-23(30(33)34)13-24(25)26(32)15-21-6-5-17(3)10-18(21)4/h5-6,10,16,19-20,22-25H,7-9,11-15H2,1-4H3,(H,33,34)/t19?,22?,23-,24-,25-/m1/s1. The van der Waals surface area contributed by atoms with Crippen molar-refractivity contribution in [1.82, 2.24) is 5.16 Å². The number of hydrogen-bond donors (Lipinski definition) is 1. The number of aryl methyl sites for hydroxylation is 2. The van der Waals surface area contributed by atoms with E-state index < -0.39 is 11.9 Å². The lowest BCUT2D eigenvalue weighted by molar-refractivity contribution is -0.141. The van der Waals surface area contributed by atoms with Gasteiger partial charge in [0.15, 0.2) is 0 Å². The SMILES string of the molecule is Cc1ccc(CC(=O)[C@@H]2C[C@@H](C(=O)O)C[C@H]2c2noc(C3CC(CC(C)C)C3)c2C2CC2)c(C)c1. The molecule has 3 aliphatic carbocycles. The van der Waals surface area contributed by atoms with E-state index in [0.29, 0.717) is 37.0 Å². The van der Waals surface area contributed by atoms with Crippen LogP contribution in [0.25, 0.3) is 0 Å². The van der Waals surface area contributed by atoms with E-state index in [0.717, 1.165) is 54.2 Å². The molecule has 0 radical (unpaired) electrons. The summed E-state index contributed by atoms with van der Waals surface area (Å²) in [7, 11) is 0. The largest absolute Gasteiger partial charge is 0.481 e. The molecule has 0 bridgehead atoms. The van der Waals surface area contributed by atoms with Crippen molar-refractivity contribution in [2.45, 2.75) is 96.8 Å². The first-order chi connectivity index (χ1) is 16.7. The van der Waals surface area contributed by atoms with Crippen molar-refractivity contribution >= 4 is 11.8 Å². The highest BCUT2D eigenvalue weighted by atomic mass is 16.5. The second-order valence-electron chi connectivity index (χ2n) is 12.1. The maximum absolute atomic E-state index is 13.6. The predicted octanol–water partition coefficient (Wildman–Crippen LogP) is 6.71. The molecule has 2 aromatic rings. The molecule has 188 valence electrons. The lowest BCUT2D eigenvalue weighted by atomic mass is 9.69. The fourth-order valence-electron chi connectivity index (χ4n) is 6.74. The number of nitrogens with zero attached hydrogens (tertiary/aromatic N) is 1. The van der Waals surface area contributed by atoms with Crippen molar-refractivity contribution < 1.29 is 19.2 Å². The lowest BCUT2D eigenvalue weighted by Gasteiger charge is -2.35. The van der Waals surface area contributed by atoms with Gasteiger partial charge >= 0.3 is 5.97 Å². The number of hydrogen-bond acceptors (Lipinski definition) is 4. The third-order valence-corrected chi connectivity index (χ3v) is 8.72. The minimum atomic E-state index is -0.802. The molecule has 0 spiro atoms. The van der Waals surface area contributed by atoms with Crippen LogP contribution in [0, 0.1) is 37.5 Å². The second kappa shape index (κ2) is 9.55. The monoisotopic (exact) mass is 477 g/mol. The van der Waals surface area contributed by atoms with Gasteiger partial charge in [0.2, 0.25) is 0 Å². The molecule has 1 aromatic carbocycles. The van der Waals surface area contributed by atoms with E-state index in [-0.39, 0.29) is 17.6 Å². The first-order valence-electron chi connectivity index (χ1n) is 13.5. The fourth-order valence-corrected chi connectivity index (χ4v) is 6.74. The van der Waals surface area contributed by atoms with Gasteiger partial charge in [0, 0.05) is 29.7 Å². The molecule has 3 atom stereocenters. The summed E-state index contributed by atoms with van der Waals surface area (Å²) < 4.78 is 6.03. The van der Waals surface area contributed by atoms with Crippen LogP contribution in [0.2, 0.25) is 0 Å². The summed E-state index contributed by atoms with van der Waals surface area (Å²) in [5, 5.41) is 14.4. The lowest BCUT2D eigenvalue weighted by Crippen LogP contribution is -2.24. The molecule has 1 aromatic heterocycles. The number of aliphatic carboxylic acids is 1. The summed E-state index contributed by atoms with van der Waals surface area (Å²) in [6.07, 6.45) is 7.07. The predicted molar refractivity (Wildman–Crippen MR) is 135 cm³/mol. The van der Waals surface area contributed by atoms with Gasteiger partial charge in [-0.05, 0) is 87.7 Å². The maximum Gasteiger partial charge on any atom is 0.306 e. The van der Waals surface area contributed by atoms with Gasteiger partial charge in [-0.1, -0.05) is 42.8 Å². The number of ketones is 1. The summed E-state index contributed by atoms with van der Waals surface area (Å²) >= 11 is 0. The van der Waals surface area contributed by atoms with E-state index in [4.69, 9.17) is 4.52 Å². The van der Waals surface area contributed by atoms with Crippen LogP contribution in [-0.2, 0) is 16.0 Å². The van der Waals surface area contributed by atoms with Crippen LogP contribution < -0.4 is 0 Å². The average Bonchev–Trinajstić information content (AvgIpc) is 3.35. The Balaban J connectivity index is 1.40. The number of aromatic nitrogens is 1. The third-order valence-electron chi connectivity index (χ3n) is 8.72. The van der Waals surface area contributed by atoms with Crippen LogP contribution in [0.3, 0.4) is 0 Å². The van der Waals surface area contributed by atoms with Gasteiger partial charge < -0.3 is 9.63 Å². The van der Waals surface area contributed by atoms with Crippen LogP contribution in [0.15, 0.2) is 22.7 Å². The van der Waals surface area contributed by atoms with Crippen molar-refractivity contribution in [2.75, 3.05) is 0 Å². The summed E-state index contributed by atoms with van der Waals surface area (Å²) in [5.41, 5.74) is 5.47. The van der Waals surface area contributed by atoms with Crippen molar-refractivity contribution in [3.05, 3.63) is 51.9 Å². The second-order valence-corrected chi connectivity index (χ2v) is 12.1. The molecule has 0 aliphatic heterocycles. The van der Waals surface area contributed by atoms with E-state index >= 15 is 0 Å². The Morgan fingerprint density at radius 3 is 2.46 bits per heavy atom. The van der Waals surface area contributed by atoms with E-state index in [9.17, 15) is 14.7 Å². The Hall–Kier alpha value is -2.43. The summed E-state index contributed by atoms with van der Waals surface area (Å²) in [5.74, 6) is 1.77. The van der Waals surface area contributed by atoms with E-state index in [2.05, 4.69) is 32.0 Å². The van der Waals surface area contributed by atoms with E-state index in [1.165, 1.54) is 17.5 Å². The zero-order valence-electron chi connectivity index (χ0n) is 21.5. The van der Waals surface area contributed by atoms with Gasteiger partial charge in [0.1, 0.15) is 11.5 Å². The smallest absolute Gasteiger partial charge is 0.306 e. The minimum Gasteiger partial charge on any atom is -0.481 e. The van der Waals surface area contributed by atoms with Gasteiger partial charge in [-0.15, -0.1) is 0 Å². The Morgan fingerprint density at radius 2 is 1.83 bits per heavy atom. The molecule has 3 aliphatic rings. The van der Waals surface area contributed by atoms with Gasteiger partial charge in [0.05, 0.1) is 11.6 Å². The summed E-state index contributed by atoms with van der Waals surface area (Å²) in [4.78, 5) is 25.6. The third kappa shape index (κ3) is 4.96. The van der Waals surface area contributed by atoms with Gasteiger partial charge in [-0.3, -0.25) is 9.59 Å². The van der Waals surface area contributed by atoms with Crippen molar-refractivity contribution in [3.63, 3.8) is 0 Å².